The Morgan fingerprint density at radius 1 is 1.10 bits per heavy atom. The number of carboxylic acids is 1. The second-order valence-electron chi connectivity index (χ2n) is 4.20. The summed E-state index contributed by atoms with van der Waals surface area (Å²) in [5.74, 6) is -1.51. The topological polar surface area (TPSA) is 126 Å². The van der Waals surface area contributed by atoms with E-state index < -0.39 is 18.0 Å². The quantitative estimate of drug-likeness (QED) is 0.360. The smallest absolute Gasteiger partial charge is 0.326 e. The average molecular weight is 305 g/mol. The Hall–Kier alpha value is -1.87. The number of amides is 3. The van der Waals surface area contributed by atoms with E-state index in [-0.39, 0.29) is 18.9 Å². The van der Waals surface area contributed by atoms with E-state index in [0.717, 1.165) is 0 Å². The molecule has 0 aliphatic rings. The average Bonchev–Trinajstić information content (AvgIpc) is 2.44. The Kier molecular flexibility index (Phi) is 10.9. The highest BCUT2D eigenvalue weighted by Gasteiger charge is 2.19. The Morgan fingerprint density at radius 2 is 1.76 bits per heavy atom. The normalized spacial score (nSPS) is 11.5. The maximum Gasteiger partial charge on any atom is 0.326 e. The van der Waals surface area contributed by atoms with Gasteiger partial charge >= 0.3 is 12.0 Å². The van der Waals surface area contributed by atoms with Crippen LogP contribution < -0.4 is 16.0 Å². The van der Waals surface area contributed by atoms with Crippen molar-refractivity contribution < 1.29 is 29.0 Å². The summed E-state index contributed by atoms with van der Waals surface area (Å²) < 4.78 is 9.57. The number of carboxylic acid groups (broad SMARTS) is 1. The Balaban J connectivity index is 3.97. The molecule has 9 heteroatoms. The van der Waals surface area contributed by atoms with Crippen molar-refractivity contribution in [2.75, 3.05) is 40.5 Å². The Bertz CT molecular complexity index is 337. The third-order valence-electron chi connectivity index (χ3n) is 2.48. The number of methoxy groups -OCH3 is 2. The van der Waals surface area contributed by atoms with Crippen molar-refractivity contribution in [2.45, 2.75) is 18.9 Å². The van der Waals surface area contributed by atoms with Crippen LogP contribution in [0.25, 0.3) is 0 Å². The van der Waals surface area contributed by atoms with E-state index in [0.29, 0.717) is 26.2 Å². The molecule has 0 aliphatic carbocycles. The maximum absolute atomic E-state index is 11.5. The first-order valence-electron chi connectivity index (χ1n) is 6.53. The van der Waals surface area contributed by atoms with E-state index in [4.69, 9.17) is 14.6 Å². The predicted molar refractivity (Wildman–Crippen MR) is 74.0 cm³/mol. The van der Waals surface area contributed by atoms with Gasteiger partial charge in [-0.15, -0.1) is 0 Å². The zero-order valence-corrected chi connectivity index (χ0v) is 12.3. The van der Waals surface area contributed by atoms with Crippen molar-refractivity contribution in [3.8, 4) is 0 Å². The molecule has 0 fully saturated rings. The minimum atomic E-state index is -1.13. The number of carbonyl (C=O) groups excluding carboxylic acids is 2. The van der Waals surface area contributed by atoms with Gasteiger partial charge in [0.15, 0.2) is 0 Å². The van der Waals surface area contributed by atoms with Gasteiger partial charge < -0.3 is 30.5 Å². The number of rotatable bonds is 11. The third-order valence-corrected chi connectivity index (χ3v) is 2.48. The summed E-state index contributed by atoms with van der Waals surface area (Å²) in [6, 6.07) is -1.72. The number of carbonyl (C=O) groups is 3. The highest BCUT2D eigenvalue weighted by atomic mass is 16.5. The second kappa shape index (κ2) is 11.9. The number of hydrogen-bond acceptors (Lipinski definition) is 5. The molecule has 1 unspecified atom stereocenters. The lowest BCUT2D eigenvalue weighted by Crippen LogP contribution is -2.48. The molecule has 4 N–H and O–H groups in total. The first-order valence-corrected chi connectivity index (χ1v) is 6.53. The van der Waals surface area contributed by atoms with Crippen LogP contribution >= 0.6 is 0 Å². The zero-order chi connectivity index (χ0) is 16.1. The number of aliphatic carboxylic acids is 1. The molecule has 122 valence electrons. The monoisotopic (exact) mass is 305 g/mol. The van der Waals surface area contributed by atoms with E-state index in [9.17, 15) is 14.4 Å². The molecule has 21 heavy (non-hydrogen) atoms. The van der Waals surface area contributed by atoms with Crippen LogP contribution in [0.15, 0.2) is 0 Å². The van der Waals surface area contributed by atoms with Gasteiger partial charge in [-0.25, -0.2) is 9.59 Å². The Labute approximate surface area is 123 Å². The summed E-state index contributed by atoms with van der Waals surface area (Å²) in [6.45, 7) is 0.890. The van der Waals surface area contributed by atoms with Gasteiger partial charge in [-0.05, 0) is 12.8 Å². The van der Waals surface area contributed by atoms with Gasteiger partial charge in [0.1, 0.15) is 6.04 Å². The second-order valence-corrected chi connectivity index (χ2v) is 4.20. The molecule has 1 atom stereocenters. The van der Waals surface area contributed by atoms with Crippen LogP contribution in [0.3, 0.4) is 0 Å². The van der Waals surface area contributed by atoms with E-state index in [2.05, 4.69) is 16.0 Å². The van der Waals surface area contributed by atoms with Crippen molar-refractivity contribution >= 4 is 17.9 Å². The zero-order valence-electron chi connectivity index (χ0n) is 12.3. The van der Waals surface area contributed by atoms with Crippen LogP contribution in [0.1, 0.15) is 12.8 Å². The van der Waals surface area contributed by atoms with Crippen molar-refractivity contribution in [1.82, 2.24) is 16.0 Å². The minimum Gasteiger partial charge on any atom is -0.480 e. The lowest BCUT2D eigenvalue weighted by Gasteiger charge is -2.14. The highest BCUT2D eigenvalue weighted by molar-refractivity contribution is 5.86. The van der Waals surface area contributed by atoms with Crippen LogP contribution in [-0.2, 0) is 19.1 Å². The molecule has 0 aromatic carbocycles. The fourth-order valence-electron chi connectivity index (χ4n) is 1.41. The van der Waals surface area contributed by atoms with Crippen molar-refractivity contribution in [2.24, 2.45) is 0 Å². The molecule has 0 heterocycles. The minimum absolute atomic E-state index is 0.236. The summed E-state index contributed by atoms with van der Waals surface area (Å²) in [5, 5.41) is 16.1. The van der Waals surface area contributed by atoms with Crippen LogP contribution in [-0.4, -0.2) is 69.6 Å². The first kappa shape index (κ1) is 19.1. The summed E-state index contributed by atoms with van der Waals surface area (Å²) in [7, 11) is 3.02. The predicted octanol–water partition coefficient (Wildman–Crippen LogP) is -1.07. The van der Waals surface area contributed by atoms with Crippen molar-refractivity contribution in [1.29, 1.82) is 0 Å². The van der Waals surface area contributed by atoms with Gasteiger partial charge in [-0.1, -0.05) is 0 Å². The highest BCUT2D eigenvalue weighted by Crippen LogP contribution is 1.98. The number of ether oxygens (including phenoxy) is 2. The van der Waals surface area contributed by atoms with E-state index in [1.807, 2.05) is 0 Å². The molecule has 9 nitrogen and oxygen atoms in total. The van der Waals surface area contributed by atoms with Crippen LogP contribution in [0.2, 0.25) is 0 Å². The molecule has 0 aliphatic heterocycles. The van der Waals surface area contributed by atoms with Crippen molar-refractivity contribution in [3.05, 3.63) is 0 Å². The molecule has 0 saturated heterocycles. The molecular weight excluding hydrogens is 282 g/mol. The summed E-state index contributed by atoms with van der Waals surface area (Å²) in [5.41, 5.74) is 0. The largest absolute Gasteiger partial charge is 0.480 e. The molecule has 0 radical (unpaired) electrons. The third kappa shape index (κ3) is 10.6. The standard InChI is InChI=1S/C12H23N3O6/c1-20-6-3-4-9(11(17)18)15-12(19)14-8-10(16)13-5-7-21-2/h9H,3-8H2,1-2H3,(H,13,16)(H,17,18)(H2,14,15,19). The summed E-state index contributed by atoms with van der Waals surface area (Å²) >= 11 is 0. The molecule has 0 rings (SSSR count). The summed E-state index contributed by atoms with van der Waals surface area (Å²) in [6.07, 6.45) is 0.752. The van der Waals surface area contributed by atoms with Crippen LogP contribution in [0.4, 0.5) is 4.79 Å². The fraction of sp³-hybridized carbons (Fsp3) is 0.750. The molecule has 0 bridgehead atoms. The first-order chi connectivity index (χ1) is 10.0. The molecule has 0 aromatic heterocycles. The fourth-order valence-corrected chi connectivity index (χ4v) is 1.41. The Morgan fingerprint density at radius 3 is 2.33 bits per heavy atom. The number of nitrogens with one attached hydrogen (secondary N) is 3. The van der Waals surface area contributed by atoms with Gasteiger partial charge in [-0.3, -0.25) is 4.79 Å². The number of hydrogen-bond donors (Lipinski definition) is 4. The molecule has 0 spiro atoms. The summed E-state index contributed by atoms with van der Waals surface area (Å²) in [4.78, 5) is 33.8. The van der Waals surface area contributed by atoms with Crippen LogP contribution in [0.5, 0.6) is 0 Å². The van der Waals surface area contributed by atoms with Gasteiger partial charge in [0, 0.05) is 27.4 Å². The van der Waals surface area contributed by atoms with E-state index >= 15 is 0 Å². The SMILES string of the molecule is COCCCC(NC(=O)NCC(=O)NCCOC)C(=O)O. The molecule has 0 saturated carbocycles. The molecule has 3 amide bonds. The molecule has 0 aromatic rings. The lowest BCUT2D eigenvalue weighted by molar-refractivity contribution is -0.139. The van der Waals surface area contributed by atoms with E-state index in [1.165, 1.54) is 14.2 Å². The van der Waals surface area contributed by atoms with Crippen LogP contribution in [0, 0.1) is 0 Å². The van der Waals surface area contributed by atoms with Crippen molar-refractivity contribution in [3.63, 3.8) is 0 Å². The number of urea groups is 1. The maximum atomic E-state index is 11.5. The lowest BCUT2D eigenvalue weighted by atomic mass is 10.1. The van der Waals surface area contributed by atoms with Gasteiger partial charge in [-0.2, -0.15) is 0 Å². The van der Waals surface area contributed by atoms with Gasteiger partial charge in [0.2, 0.25) is 5.91 Å². The van der Waals surface area contributed by atoms with Gasteiger partial charge in [0.05, 0.1) is 13.2 Å². The van der Waals surface area contributed by atoms with Gasteiger partial charge in [0.25, 0.3) is 0 Å². The van der Waals surface area contributed by atoms with E-state index in [1.54, 1.807) is 0 Å². The molecular formula is C12H23N3O6.